The van der Waals surface area contributed by atoms with Crippen molar-refractivity contribution in [2.75, 3.05) is 13.1 Å². The quantitative estimate of drug-likeness (QED) is 0.218. The zero-order valence-corrected chi connectivity index (χ0v) is 19.2. The van der Waals surface area contributed by atoms with Gasteiger partial charge in [0.25, 0.3) is 5.91 Å². The first-order valence-corrected chi connectivity index (χ1v) is 11.8. The van der Waals surface area contributed by atoms with E-state index >= 15 is 4.39 Å². The number of piperidine rings is 1. The van der Waals surface area contributed by atoms with Crippen LogP contribution in [0.25, 0.3) is 11.0 Å². The van der Waals surface area contributed by atoms with Crippen LogP contribution in [0.2, 0.25) is 0 Å². The van der Waals surface area contributed by atoms with Crippen LogP contribution in [0.4, 0.5) is 17.6 Å². The molecule has 1 aromatic carbocycles. The molecular weight excluding hydrogens is 480 g/mol. The molecule has 0 spiro atoms. The first kappa shape index (κ1) is 24.1. The van der Waals surface area contributed by atoms with Crippen molar-refractivity contribution >= 4 is 22.7 Å². The first-order chi connectivity index (χ1) is 17.2. The van der Waals surface area contributed by atoms with Gasteiger partial charge in [-0.3, -0.25) is 4.79 Å². The molecule has 190 valence electrons. The number of carbonyl (C=O) groups excluding carboxylic acids is 1. The lowest BCUT2D eigenvalue weighted by Gasteiger charge is -2.33. The van der Waals surface area contributed by atoms with Gasteiger partial charge in [0.15, 0.2) is 0 Å². The van der Waals surface area contributed by atoms with Crippen molar-refractivity contribution in [3.63, 3.8) is 0 Å². The van der Waals surface area contributed by atoms with Gasteiger partial charge in [-0.1, -0.05) is 5.16 Å². The van der Waals surface area contributed by atoms with Crippen molar-refractivity contribution in [1.29, 1.82) is 0 Å². The molecule has 0 saturated carbocycles. The van der Waals surface area contributed by atoms with E-state index in [1.165, 1.54) is 18.3 Å². The molecular formula is C25H24F4N4O3. The van der Waals surface area contributed by atoms with Gasteiger partial charge < -0.3 is 19.8 Å². The number of hydrogen-bond acceptors (Lipinski definition) is 5. The molecule has 11 heteroatoms. The van der Waals surface area contributed by atoms with Crippen molar-refractivity contribution in [2.45, 2.75) is 50.8 Å². The zero-order valence-electron chi connectivity index (χ0n) is 19.2. The number of oxime groups is 1. The topological polar surface area (TPSA) is 90.8 Å². The highest BCUT2D eigenvalue weighted by Crippen LogP contribution is 2.38. The van der Waals surface area contributed by atoms with Gasteiger partial charge in [-0.05, 0) is 74.3 Å². The van der Waals surface area contributed by atoms with E-state index in [-0.39, 0.29) is 23.2 Å². The van der Waals surface area contributed by atoms with Gasteiger partial charge in [-0.2, -0.15) is 0 Å². The summed E-state index contributed by atoms with van der Waals surface area (Å²) in [6.45, 7) is 0.781. The molecule has 0 radical (unpaired) electrons. The maximum Gasteiger partial charge on any atom is 0.573 e. The maximum atomic E-state index is 15.2. The van der Waals surface area contributed by atoms with Crippen molar-refractivity contribution in [1.82, 2.24) is 14.9 Å². The van der Waals surface area contributed by atoms with E-state index in [1.807, 2.05) is 0 Å². The van der Waals surface area contributed by atoms with E-state index in [4.69, 9.17) is 0 Å². The SMILES string of the molecule is O=C(c1ccc(OC(F)(F)F)cc1)N1CCC(c2c(F)cnc3[nH]c4c(c23)CCC(=NO)CC4)CC1. The van der Waals surface area contributed by atoms with Crippen molar-refractivity contribution < 1.29 is 32.3 Å². The summed E-state index contributed by atoms with van der Waals surface area (Å²) in [6, 6.07) is 4.84. The molecule has 36 heavy (non-hydrogen) atoms. The van der Waals surface area contributed by atoms with Gasteiger partial charge >= 0.3 is 6.36 Å². The van der Waals surface area contributed by atoms with Crippen LogP contribution < -0.4 is 4.74 Å². The van der Waals surface area contributed by atoms with Crippen molar-refractivity contribution in [3.8, 4) is 5.75 Å². The minimum absolute atomic E-state index is 0.115. The van der Waals surface area contributed by atoms with Crippen molar-refractivity contribution in [3.05, 3.63) is 58.7 Å². The Balaban J connectivity index is 1.33. The number of ether oxygens (including phenoxy) is 1. The molecule has 1 saturated heterocycles. The smallest absolute Gasteiger partial charge is 0.411 e. The Kier molecular flexibility index (Phi) is 6.31. The fraction of sp³-hybridized carbons (Fsp3) is 0.400. The molecule has 0 unspecified atom stereocenters. The summed E-state index contributed by atoms with van der Waals surface area (Å²) in [5, 5.41) is 13.3. The lowest BCUT2D eigenvalue weighted by Crippen LogP contribution is -2.38. The Labute approximate surface area is 203 Å². The summed E-state index contributed by atoms with van der Waals surface area (Å²) in [6.07, 6.45) is 0.0126. The predicted octanol–water partition coefficient (Wildman–Crippen LogP) is 5.33. The van der Waals surface area contributed by atoms with Crippen LogP contribution in [0, 0.1) is 5.82 Å². The molecule has 3 heterocycles. The number of hydrogen-bond donors (Lipinski definition) is 2. The number of pyridine rings is 1. The number of benzene rings is 1. The van der Waals surface area contributed by atoms with Gasteiger partial charge in [0.1, 0.15) is 17.2 Å². The Morgan fingerprint density at radius 1 is 1.11 bits per heavy atom. The number of rotatable bonds is 3. The third kappa shape index (κ3) is 4.74. The van der Waals surface area contributed by atoms with Crippen LogP contribution in [0.15, 0.2) is 35.6 Å². The van der Waals surface area contributed by atoms with Crippen LogP contribution in [0.1, 0.15) is 58.8 Å². The summed E-state index contributed by atoms with van der Waals surface area (Å²) >= 11 is 0. The summed E-state index contributed by atoms with van der Waals surface area (Å²) < 4.78 is 56.1. The summed E-state index contributed by atoms with van der Waals surface area (Å²) in [7, 11) is 0. The Morgan fingerprint density at radius 2 is 1.81 bits per heavy atom. The largest absolute Gasteiger partial charge is 0.573 e. The molecule has 0 bridgehead atoms. The third-order valence-electron chi connectivity index (χ3n) is 7.00. The number of fused-ring (bicyclic) bond motifs is 3. The lowest BCUT2D eigenvalue weighted by atomic mass is 9.86. The summed E-state index contributed by atoms with van der Waals surface area (Å²) in [5.74, 6) is -1.18. The summed E-state index contributed by atoms with van der Waals surface area (Å²) in [4.78, 5) is 22.1. The number of aromatic nitrogens is 2. The second-order valence-corrected chi connectivity index (χ2v) is 9.13. The molecule has 2 aliphatic rings. The number of aromatic amines is 1. The Morgan fingerprint density at radius 3 is 2.47 bits per heavy atom. The van der Waals surface area contributed by atoms with E-state index in [0.29, 0.717) is 68.5 Å². The van der Waals surface area contributed by atoms with E-state index in [1.54, 1.807) is 4.90 Å². The highest BCUT2D eigenvalue weighted by molar-refractivity contribution is 5.94. The molecule has 1 amide bonds. The molecule has 1 fully saturated rings. The van der Waals surface area contributed by atoms with E-state index in [9.17, 15) is 23.2 Å². The Hall–Kier alpha value is -3.63. The average molecular weight is 504 g/mol. The standard InChI is InChI=1S/C25H24F4N4O3/c26-19-13-30-23-22(18-7-3-16(32-35)4-8-20(18)31-23)21(19)14-9-11-33(12-10-14)24(34)15-1-5-17(6-2-15)36-25(27,28)29/h1-2,5-6,13-14,35H,3-4,7-12H2,(H,30,31). The Bertz CT molecular complexity index is 1310. The highest BCUT2D eigenvalue weighted by atomic mass is 19.4. The van der Waals surface area contributed by atoms with E-state index < -0.39 is 12.1 Å². The molecule has 3 aromatic rings. The van der Waals surface area contributed by atoms with Gasteiger partial charge in [-0.25, -0.2) is 9.37 Å². The van der Waals surface area contributed by atoms with Crippen molar-refractivity contribution in [2.24, 2.45) is 5.16 Å². The molecule has 2 N–H and O–H groups in total. The normalized spacial score (nSPS) is 18.3. The molecule has 1 aliphatic heterocycles. The number of aryl methyl sites for hydroxylation is 2. The number of H-pyrrole nitrogens is 1. The predicted molar refractivity (Wildman–Crippen MR) is 123 cm³/mol. The minimum Gasteiger partial charge on any atom is -0.411 e. The number of nitrogens with one attached hydrogen (secondary N) is 1. The van der Waals surface area contributed by atoms with Gasteiger partial charge in [0.2, 0.25) is 0 Å². The number of nitrogens with zero attached hydrogens (tertiary/aromatic N) is 3. The van der Waals surface area contributed by atoms with Gasteiger partial charge in [-0.15, -0.1) is 13.2 Å². The fourth-order valence-corrected chi connectivity index (χ4v) is 5.28. The van der Waals surface area contributed by atoms with Crippen LogP contribution >= 0.6 is 0 Å². The molecule has 7 nitrogen and oxygen atoms in total. The number of halogens is 4. The lowest BCUT2D eigenvalue weighted by molar-refractivity contribution is -0.274. The zero-order chi connectivity index (χ0) is 25.4. The number of alkyl halides is 3. The van der Waals surface area contributed by atoms with Gasteiger partial charge in [0, 0.05) is 35.3 Å². The number of likely N-dealkylation sites (tertiary alicyclic amines) is 1. The van der Waals surface area contributed by atoms with E-state index in [0.717, 1.165) is 28.8 Å². The van der Waals surface area contributed by atoms with Crippen LogP contribution in [-0.2, 0) is 12.8 Å². The highest BCUT2D eigenvalue weighted by Gasteiger charge is 2.32. The molecule has 0 atom stereocenters. The van der Waals surface area contributed by atoms with Crippen LogP contribution in [0.3, 0.4) is 0 Å². The monoisotopic (exact) mass is 504 g/mol. The minimum atomic E-state index is -4.80. The second-order valence-electron chi connectivity index (χ2n) is 9.13. The van der Waals surface area contributed by atoms with Crippen LogP contribution in [0.5, 0.6) is 5.75 Å². The maximum absolute atomic E-state index is 15.2. The molecule has 1 aliphatic carbocycles. The second kappa shape index (κ2) is 9.44. The fourth-order valence-electron chi connectivity index (χ4n) is 5.28. The van der Waals surface area contributed by atoms with Crippen LogP contribution in [-0.4, -0.2) is 51.1 Å². The third-order valence-corrected chi connectivity index (χ3v) is 7.00. The number of amides is 1. The first-order valence-electron chi connectivity index (χ1n) is 11.8. The average Bonchev–Trinajstić information content (AvgIpc) is 3.08. The van der Waals surface area contributed by atoms with Gasteiger partial charge in [0.05, 0.1) is 11.9 Å². The summed E-state index contributed by atoms with van der Waals surface area (Å²) in [5.41, 5.74) is 4.20. The number of carbonyl (C=O) groups is 1. The molecule has 2 aromatic heterocycles. The van der Waals surface area contributed by atoms with E-state index in [2.05, 4.69) is 19.9 Å². The molecule has 5 rings (SSSR count).